The van der Waals surface area contributed by atoms with Crippen molar-refractivity contribution in [1.82, 2.24) is 10.6 Å². The Balaban J connectivity index is 4.66. The van der Waals surface area contributed by atoms with Crippen LogP contribution in [0.4, 0.5) is 0 Å². The van der Waals surface area contributed by atoms with E-state index in [1.54, 1.807) is 34.6 Å². The van der Waals surface area contributed by atoms with Crippen LogP contribution in [-0.2, 0) is 9.59 Å². The molecule has 0 fully saturated rings. The van der Waals surface area contributed by atoms with Gasteiger partial charge in [0.15, 0.2) is 0 Å². The maximum Gasteiger partial charge on any atom is 0.242 e. The van der Waals surface area contributed by atoms with Crippen LogP contribution in [0, 0.1) is 5.41 Å². The monoisotopic (exact) mass is 229 g/mol. The molecule has 0 spiro atoms. The molecule has 2 amide bonds. The number of amides is 2. The van der Waals surface area contributed by atoms with Crippen molar-refractivity contribution in [2.45, 2.75) is 46.2 Å². The van der Waals surface area contributed by atoms with E-state index in [1.165, 1.54) is 7.05 Å². The van der Waals surface area contributed by atoms with E-state index < -0.39 is 17.0 Å². The van der Waals surface area contributed by atoms with Gasteiger partial charge in [0.1, 0.15) is 6.04 Å². The largest absolute Gasteiger partial charge is 0.357 e. The normalized spacial score (nSPS) is 14.2. The molecule has 5 nitrogen and oxygen atoms in total. The van der Waals surface area contributed by atoms with Crippen molar-refractivity contribution >= 4 is 11.8 Å². The molecule has 1 unspecified atom stereocenters. The molecule has 1 atom stereocenters. The van der Waals surface area contributed by atoms with Gasteiger partial charge in [-0.3, -0.25) is 9.59 Å². The summed E-state index contributed by atoms with van der Waals surface area (Å²) in [6, 6.07) is -0.556. The lowest BCUT2D eigenvalue weighted by Gasteiger charge is -2.37. The molecule has 16 heavy (non-hydrogen) atoms. The van der Waals surface area contributed by atoms with Crippen LogP contribution in [0.3, 0.4) is 0 Å². The highest BCUT2D eigenvalue weighted by Gasteiger charge is 2.41. The molecule has 0 saturated heterocycles. The first kappa shape index (κ1) is 14.9. The first-order valence-electron chi connectivity index (χ1n) is 5.35. The van der Waals surface area contributed by atoms with Crippen molar-refractivity contribution in [1.29, 1.82) is 0 Å². The Morgan fingerprint density at radius 3 is 1.94 bits per heavy atom. The fraction of sp³-hybridized carbons (Fsp3) is 0.818. The van der Waals surface area contributed by atoms with Crippen molar-refractivity contribution in [3.63, 3.8) is 0 Å². The van der Waals surface area contributed by atoms with Crippen LogP contribution in [0.2, 0.25) is 0 Å². The van der Waals surface area contributed by atoms with E-state index in [0.29, 0.717) is 0 Å². The van der Waals surface area contributed by atoms with Gasteiger partial charge >= 0.3 is 0 Å². The van der Waals surface area contributed by atoms with Crippen LogP contribution in [0.1, 0.15) is 34.6 Å². The molecule has 0 heterocycles. The number of hydrogen-bond acceptors (Lipinski definition) is 3. The highest BCUT2D eigenvalue weighted by Crippen LogP contribution is 2.28. The lowest BCUT2D eigenvalue weighted by atomic mass is 9.74. The van der Waals surface area contributed by atoms with E-state index in [4.69, 9.17) is 5.73 Å². The van der Waals surface area contributed by atoms with Gasteiger partial charge < -0.3 is 16.4 Å². The summed E-state index contributed by atoms with van der Waals surface area (Å²) in [5, 5.41) is 5.12. The van der Waals surface area contributed by atoms with E-state index >= 15 is 0 Å². The second-order valence-electron chi connectivity index (χ2n) is 5.16. The number of likely N-dealkylation sites (N-methyl/N-ethyl adjacent to an activating group) is 1. The van der Waals surface area contributed by atoms with Crippen molar-refractivity contribution in [2.24, 2.45) is 11.1 Å². The standard InChI is InChI=1S/C11H23N3O2/c1-7(8(15)13-6)14-9(16)10(2,3)11(4,5)12/h7H,12H2,1-6H3,(H,13,15)(H,14,16). The van der Waals surface area contributed by atoms with Crippen molar-refractivity contribution in [2.75, 3.05) is 7.05 Å². The van der Waals surface area contributed by atoms with E-state index in [0.717, 1.165) is 0 Å². The molecular formula is C11H23N3O2. The number of rotatable bonds is 4. The van der Waals surface area contributed by atoms with Gasteiger partial charge in [0.2, 0.25) is 11.8 Å². The predicted octanol–water partition coefficient (Wildman–Crippen LogP) is 0.000600. The third kappa shape index (κ3) is 3.20. The van der Waals surface area contributed by atoms with Gasteiger partial charge in [-0.25, -0.2) is 0 Å². The Hall–Kier alpha value is -1.10. The van der Waals surface area contributed by atoms with Crippen molar-refractivity contribution in [3.8, 4) is 0 Å². The van der Waals surface area contributed by atoms with Crippen molar-refractivity contribution < 1.29 is 9.59 Å². The average Bonchev–Trinajstić information content (AvgIpc) is 2.14. The molecule has 4 N–H and O–H groups in total. The SMILES string of the molecule is CNC(=O)C(C)NC(=O)C(C)(C)C(C)(C)N. The van der Waals surface area contributed by atoms with Crippen LogP contribution in [0.15, 0.2) is 0 Å². The van der Waals surface area contributed by atoms with Crippen molar-refractivity contribution in [3.05, 3.63) is 0 Å². The van der Waals surface area contributed by atoms with E-state index in [9.17, 15) is 9.59 Å². The van der Waals surface area contributed by atoms with Gasteiger partial charge in [-0.05, 0) is 34.6 Å². The molecule has 0 aliphatic heterocycles. The molecule has 0 saturated carbocycles. The molecule has 0 aromatic rings. The molecule has 0 aromatic carbocycles. The molecule has 94 valence electrons. The first-order chi connectivity index (χ1) is 7.04. The minimum atomic E-state index is -0.741. The summed E-state index contributed by atoms with van der Waals surface area (Å²) in [5.74, 6) is -0.449. The summed E-state index contributed by atoms with van der Waals surface area (Å²) >= 11 is 0. The highest BCUT2D eigenvalue weighted by atomic mass is 16.2. The van der Waals surface area contributed by atoms with E-state index in [2.05, 4.69) is 10.6 Å². The smallest absolute Gasteiger partial charge is 0.242 e. The third-order valence-corrected chi connectivity index (χ3v) is 3.17. The zero-order valence-corrected chi connectivity index (χ0v) is 11.0. The summed E-state index contributed by atoms with van der Waals surface area (Å²) in [6.45, 7) is 8.74. The van der Waals surface area contributed by atoms with Gasteiger partial charge in [-0.2, -0.15) is 0 Å². The lowest BCUT2D eigenvalue weighted by Crippen LogP contribution is -2.58. The van der Waals surface area contributed by atoms with Gasteiger partial charge in [0.05, 0.1) is 5.41 Å². The molecule has 0 radical (unpaired) electrons. The lowest BCUT2D eigenvalue weighted by molar-refractivity contribution is -0.136. The highest BCUT2D eigenvalue weighted by molar-refractivity contribution is 5.90. The summed E-state index contributed by atoms with van der Waals surface area (Å²) < 4.78 is 0. The predicted molar refractivity (Wildman–Crippen MR) is 63.7 cm³/mol. The zero-order chi connectivity index (χ0) is 13.1. The molecular weight excluding hydrogens is 206 g/mol. The Bertz CT molecular complexity index is 279. The summed E-state index contributed by atoms with van der Waals surface area (Å²) in [6.07, 6.45) is 0. The number of nitrogens with one attached hydrogen (secondary N) is 2. The molecule has 5 heteroatoms. The minimum absolute atomic E-state index is 0.223. The molecule has 0 bridgehead atoms. The van der Waals surface area contributed by atoms with Crippen LogP contribution in [-0.4, -0.2) is 30.4 Å². The second-order valence-corrected chi connectivity index (χ2v) is 5.16. The van der Waals surface area contributed by atoms with Crippen LogP contribution < -0.4 is 16.4 Å². The summed E-state index contributed by atoms with van der Waals surface area (Å²) in [5.41, 5.74) is 4.54. The van der Waals surface area contributed by atoms with Crippen LogP contribution in [0.25, 0.3) is 0 Å². The number of hydrogen-bond donors (Lipinski definition) is 3. The Labute approximate surface area is 97.2 Å². The van der Waals surface area contributed by atoms with Crippen LogP contribution in [0.5, 0.6) is 0 Å². The maximum atomic E-state index is 12.0. The topological polar surface area (TPSA) is 84.2 Å². The van der Waals surface area contributed by atoms with Gasteiger partial charge in [-0.15, -0.1) is 0 Å². The molecule has 0 aliphatic carbocycles. The number of carbonyl (C=O) groups excluding carboxylic acids is 2. The number of carbonyl (C=O) groups is 2. The summed E-state index contributed by atoms with van der Waals surface area (Å²) in [7, 11) is 1.53. The fourth-order valence-electron chi connectivity index (χ4n) is 0.952. The quantitative estimate of drug-likeness (QED) is 0.634. The van der Waals surface area contributed by atoms with E-state index in [-0.39, 0.29) is 11.8 Å². The maximum absolute atomic E-state index is 12.0. The zero-order valence-electron chi connectivity index (χ0n) is 11.0. The molecule has 0 rings (SSSR count). The molecule has 0 aromatic heterocycles. The average molecular weight is 229 g/mol. The minimum Gasteiger partial charge on any atom is -0.357 e. The first-order valence-corrected chi connectivity index (χ1v) is 5.35. The third-order valence-electron chi connectivity index (χ3n) is 3.17. The van der Waals surface area contributed by atoms with Gasteiger partial charge in [-0.1, -0.05) is 0 Å². The second kappa shape index (κ2) is 4.82. The fourth-order valence-corrected chi connectivity index (χ4v) is 0.952. The number of nitrogens with two attached hydrogens (primary N) is 1. The Morgan fingerprint density at radius 2 is 1.62 bits per heavy atom. The molecule has 0 aliphatic rings. The van der Waals surface area contributed by atoms with E-state index in [1.807, 2.05) is 0 Å². The Kier molecular flexibility index (Phi) is 4.49. The summed E-state index contributed by atoms with van der Waals surface area (Å²) in [4.78, 5) is 23.2. The Morgan fingerprint density at radius 1 is 1.19 bits per heavy atom. The van der Waals surface area contributed by atoms with Gasteiger partial charge in [0.25, 0.3) is 0 Å². The van der Waals surface area contributed by atoms with Crippen LogP contribution >= 0.6 is 0 Å². The van der Waals surface area contributed by atoms with Gasteiger partial charge in [0, 0.05) is 12.6 Å².